The summed E-state index contributed by atoms with van der Waals surface area (Å²) in [5.74, 6) is 0. The molecule has 84 valence electrons. The van der Waals surface area contributed by atoms with Crippen LogP contribution in [-0.2, 0) is 4.74 Å². The molecule has 0 radical (unpaired) electrons. The third kappa shape index (κ3) is 2.72. The van der Waals surface area contributed by atoms with Gasteiger partial charge in [-0.2, -0.15) is 5.26 Å². The SMILES string of the molecule is N#CC1(CCCC2CCCO2)CCCC1. The van der Waals surface area contributed by atoms with Gasteiger partial charge in [0.15, 0.2) is 0 Å². The third-order valence-corrected chi connectivity index (χ3v) is 4.00. The molecule has 2 rings (SSSR count). The summed E-state index contributed by atoms with van der Waals surface area (Å²) in [6, 6.07) is 2.56. The van der Waals surface area contributed by atoms with Crippen molar-refractivity contribution >= 4 is 0 Å². The smallest absolute Gasteiger partial charge is 0.0689 e. The van der Waals surface area contributed by atoms with E-state index in [1.807, 2.05) is 0 Å². The van der Waals surface area contributed by atoms with Crippen molar-refractivity contribution in [2.75, 3.05) is 6.61 Å². The molecule has 1 aliphatic heterocycles. The average Bonchev–Trinajstić information content (AvgIpc) is 2.89. The van der Waals surface area contributed by atoms with E-state index < -0.39 is 0 Å². The predicted molar refractivity (Wildman–Crippen MR) is 59.3 cm³/mol. The minimum Gasteiger partial charge on any atom is -0.378 e. The van der Waals surface area contributed by atoms with Crippen LogP contribution < -0.4 is 0 Å². The zero-order valence-corrected chi connectivity index (χ0v) is 9.50. The Bertz CT molecular complexity index is 231. The molecule has 2 heteroatoms. The fourth-order valence-corrected chi connectivity index (χ4v) is 3.01. The summed E-state index contributed by atoms with van der Waals surface area (Å²) in [4.78, 5) is 0. The van der Waals surface area contributed by atoms with E-state index in [4.69, 9.17) is 4.74 Å². The van der Waals surface area contributed by atoms with Crippen molar-refractivity contribution < 1.29 is 4.74 Å². The molecule has 0 aromatic rings. The summed E-state index contributed by atoms with van der Waals surface area (Å²) in [5.41, 5.74) is 0.0403. The standard InChI is InChI=1S/C13H21NO/c14-11-13(7-1-2-8-13)9-3-5-12-6-4-10-15-12/h12H,1-10H2. The van der Waals surface area contributed by atoms with Gasteiger partial charge in [0.2, 0.25) is 0 Å². The van der Waals surface area contributed by atoms with Crippen LogP contribution in [0.3, 0.4) is 0 Å². The Labute approximate surface area is 92.6 Å². The second-order valence-corrected chi connectivity index (χ2v) is 5.13. The van der Waals surface area contributed by atoms with Crippen LogP contribution in [-0.4, -0.2) is 12.7 Å². The zero-order chi connectivity index (χ0) is 10.6. The lowest BCUT2D eigenvalue weighted by Gasteiger charge is -2.20. The van der Waals surface area contributed by atoms with Crippen molar-refractivity contribution in [3.63, 3.8) is 0 Å². The fraction of sp³-hybridized carbons (Fsp3) is 0.923. The van der Waals surface area contributed by atoms with Crippen LogP contribution >= 0.6 is 0 Å². The molecule has 0 spiro atoms. The summed E-state index contributed by atoms with van der Waals surface area (Å²) in [5, 5.41) is 9.23. The highest BCUT2D eigenvalue weighted by Gasteiger charge is 2.33. The first kappa shape index (κ1) is 11.0. The topological polar surface area (TPSA) is 33.0 Å². The van der Waals surface area contributed by atoms with Crippen molar-refractivity contribution in [2.24, 2.45) is 5.41 Å². The van der Waals surface area contributed by atoms with Crippen molar-refractivity contribution in [1.29, 1.82) is 5.26 Å². The maximum Gasteiger partial charge on any atom is 0.0689 e. The Hall–Kier alpha value is -0.550. The van der Waals surface area contributed by atoms with E-state index in [2.05, 4.69) is 6.07 Å². The van der Waals surface area contributed by atoms with Gasteiger partial charge in [-0.1, -0.05) is 12.8 Å². The lowest BCUT2D eigenvalue weighted by atomic mass is 9.82. The van der Waals surface area contributed by atoms with Crippen molar-refractivity contribution in [2.45, 2.75) is 63.9 Å². The summed E-state index contributed by atoms with van der Waals surface area (Å²) in [6.45, 7) is 0.952. The molecule has 0 aromatic carbocycles. The van der Waals surface area contributed by atoms with Gasteiger partial charge in [0, 0.05) is 6.61 Å². The molecular formula is C13H21NO. The van der Waals surface area contributed by atoms with Gasteiger partial charge in [-0.05, 0) is 44.9 Å². The number of nitrogens with zero attached hydrogens (tertiary/aromatic N) is 1. The van der Waals surface area contributed by atoms with E-state index in [-0.39, 0.29) is 5.41 Å². The van der Waals surface area contributed by atoms with Crippen LogP contribution in [0.25, 0.3) is 0 Å². The molecule has 1 saturated carbocycles. The van der Waals surface area contributed by atoms with E-state index in [1.165, 1.54) is 38.5 Å². The Balaban J connectivity index is 1.70. The molecule has 0 amide bonds. The second kappa shape index (κ2) is 4.99. The van der Waals surface area contributed by atoms with Crippen LogP contribution in [0.2, 0.25) is 0 Å². The monoisotopic (exact) mass is 207 g/mol. The molecule has 15 heavy (non-hydrogen) atoms. The van der Waals surface area contributed by atoms with Crippen molar-refractivity contribution in [3.05, 3.63) is 0 Å². The third-order valence-electron chi connectivity index (χ3n) is 4.00. The highest BCUT2D eigenvalue weighted by Crippen LogP contribution is 2.41. The van der Waals surface area contributed by atoms with Gasteiger partial charge < -0.3 is 4.74 Å². The van der Waals surface area contributed by atoms with Gasteiger partial charge in [0.1, 0.15) is 0 Å². The van der Waals surface area contributed by atoms with Crippen LogP contribution in [0.1, 0.15) is 57.8 Å². The quantitative estimate of drug-likeness (QED) is 0.707. The van der Waals surface area contributed by atoms with E-state index in [9.17, 15) is 5.26 Å². The minimum atomic E-state index is 0.0403. The van der Waals surface area contributed by atoms with Gasteiger partial charge >= 0.3 is 0 Å². The maximum atomic E-state index is 9.23. The normalized spacial score (nSPS) is 29.1. The van der Waals surface area contributed by atoms with Crippen LogP contribution in [0, 0.1) is 16.7 Å². The van der Waals surface area contributed by atoms with E-state index in [1.54, 1.807) is 0 Å². The van der Waals surface area contributed by atoms with Gasteiger partial charge in [-0.15, -0.1) is 0 Å². The molecular weight excluding hydrogens is 186 g/mol. The Kier molecular flexibility index (Phi) is 3.64. The molecule has 1 unspecified atom stereocenters. The van der Waals surface area contributed by atoms with Crippen molar-refractivity contribution in [1.82, 2.24) is 0 Å². The Morgan fingerprint density at radius 3 is 2.67 bits per heavy atom. The van der Waals surface area contributed by atoms with Crippen LogP contribution in [0.4, 0.5) is 0 Å². The molecule has 1 aliphatic carbocycles. The lowest BCUT2D eigenvalue weighted by Crippen LogP contribution is -2.14. The Morgan fingerprint density at radius 2 is 2.07 bits per heavy atom. The van der Waals surface area contributed by atoms with E-state index in [0.717, 1.165) is 25.9 Å². The molecule has 0 bridgehead atoms. The van der Waals surface area contributed by atoms with Gasteiger partial charge in [0.05, 0.1) is 17.6 Å². The molecule has 2 nitrogen and oxygen atoms in total. The molecule has 2 fully saturated rings. The Morgan fingerprint density at radius 1 is 1.27 bits per heavy atom. The van der Waals surface area contributed by atoms with Gasteiger partial charge in [-0.25, -0.2) is 0 Å². The van der Waals surface area contributed by atoms with Crippen LogP contribution in [0.15, 0.2) is 0 Å². The number of hydrogen-bond donors (Lipinski definition) is 0. The van der Waals surface area contributed by atoms with E-state index in [0.29, 0.717) is 6.10 Å². The highest BCUT2D eigenvalue weighted by molar-refractivity contribution is 5.01. The fourth-order valence-electron chi connectivity index (χ4n) is 3.01. The van der Waals surface area contributed by atoms with Gasteiger partial charge in [0.25, 0.3) is 0 Å². The van der Waals surface area contributed by atoms with Gasteiger partial charge in [-0.3, -0.25) is 0 Å². The lowest BCUT2D eigenvalue weighted by molar-refractivity contribution is 0.0994. The van der Waals surface area contributed by atoms with E-state index >= 15 is 0 Å². The highest BCUT2D eigenvalue weighted by atomic mass is 16.5. The first-order valence-corrected chi connectivity index (χ1v) is 6.38. The first-order chi connectivity index (χ1) is 7.35. The minimum absolute atomic E-state index is 0.0403. The maximum absolute atomic E-state index is 9.23. The van der Waals surface area contributed by atoms with Crippen molar-refractivity contribution in [3.8, 4) is 6.07 Å². The first-order valence-electron chi connectivity index (χ1n) is 6.38. The predicted octanol–water partition coefficient (Wildman–Crippen LogP) is 3.42. The molecule has 2 aliphatic rings. The number of ether oxygens (including phenoxy) is 1. The molecule has 1 atom stereocenters. The number of hydrogen-bond acceptors (Lipinski definition) is 2. The molecule has 0 N–H and O–H groups in total. The summed E-state index contributed by atoms with van der Waals surface area (Å²) in [6.07, 6.45) is 11.2. The largest absolute Gasteiger partial charge is 0.378 e. The second-order valence-electron chi connectivity index (χ2n) is 5.13. The average molecular weight is 207 g/mol. The summed E-state index contributed by atoms with van der Waals surface area (Å²) < 4.78 is 5.60. The number of nitriles is 1. The number of rotatable bonds is 4. The molecule has 1 heterocycles. The summed E-state index contributed by atoms with van der Waals surface area (Å²) >= 11 is 0. The zero-order valence-electron chi connectivity index (χ0n) is 9.50. The molecule has 0 aromatic heterocycles. The molecule has 1 saturated heterocycles. The van der Waals surface area contributed by atoms with Crippen LogP contribution in [0.5, 0.6) is 0 Å². The summed E-state index contributed by atoms with van der Waals surface area (Å²) in [7, 11) is 0.